The molecular weight excluding hydrogens is 260 g/mol. The molecule has 2 rings (SSSR count). The first kappa shape index (κ1) is 16.1. The van der Waals surface area contributed by atoms with E-state index in [4.69, 9.17) is 9.97 Å². The van der Waals surface area contributed by atoms with Crippen LogP contribution in [0.3, 0.4) is 0 Å². The van der Waals surface area contributed by atoms with Gasteiger partial charge in [-0.25, -0.2) is 9.97 Å². The molecule has 0 bridgehead atoms. The van der Waals surface area contributed by atoms with Crippen LogP contribution >= 0.6 is 0 Å². The van der Waals surface area contributed by atoms with E-state index in [1.165, 1.54) is 6.42 Å². The zero-order valence-electron chi connectivity index (χ0n) is 14.6. The second-order valence-electron chi connectivity index (χ2n) is 7.48. The zero-order valence-corrected chi connectivity index (χ0v) is 14.6. The Kier molecular flexibility index (Phi) is 4.45. The summed E-state index contributed by atoms with van der Waals surface area (Å²) in [6.45, 7) is 15.0. The molecule has 1 aromatic rings. The van der Waals surface area contributed by atoms with Gasteiger partial charge < -0.3 is 10.2 Å². The lowest BCUT2D eigenvalue weighted by atomic mass is 9.95. The number of nitrogens with zero attached hydrogens (tertiary/aromatic N) is 3. The average Bonchev–Trinajstić information content (AvgIpc) is 3.06. The first-order valence-electron chi connectivity index (χ1n) is 8.08. The third-order valence-corrected chi connectivity index (χ3v) is 4.28. The van der Waals surface area contributed by atoms with Crippen LogP contribution in [0.15, 0.2) is 0 Å². The van der Waals surface area contributed by atoms with E-state index in [2.05, 4.69) is 58.8 Å². The number of rotatable bonds is 5. The molecule has 1 aliphatic rings. The van der Waals surface area contributed by atoms with Crippen LogP contribution in [0.1, 0.15) is 52.4 Å². The van der Waals surface area contributed by atoms with Gasteiger partial charge >= 0.3 is 0 Å². The highest BCUT2D eigenvalue weighted by Crippen LogP contribution is 2.39. The SMILES string of the molecule is CCNc1nc(C(C)(C)C)nc(N(C)CC2CC2C)c1C. The standard InChI is InChI=1S/C17H30N4/c1-8-18-14-12(3)15(20-16(19-14)17(4,5)6)21(7)10-13-9-11(13)2/h11,13H,8-10H2,1-7H3,(H,18,19,20). The molecule has 0 amide bonds. The summed E-state index contributed by atoms with van der Waals surface area (Å²) in [6, 6.07) is 0. The quantitative estimate of drug-likeness (QED) is 0.899. The van der Waals surface area contributed by atoms with Crippen molar-refractivity contribution in [2.45, 2.75) is 53.4 Å². The third kappa shape index (κ3) is 3.66. The fourth-order valence-electron chi connectivity index (χ4n) is 2.64. The molecule has 1 heterocycles. The number of nitrogens with one attached hydrogen (secondary N) is 1. The first-order chi connectivity index (χ1) is 9.74. The Morgan fingerprint density at radius 2 is 1.90 bits per heavy atom. The van der Waals surface area contributed by atoms with E-state index >= 15 is 0 Å². The maximum Gasteiger partial charge on any atom is 0.138 e. The monoisotopic (exact) mass is 290 g/mol. The van der Waals surface area contributed by atoms with Gasteiger partial charge in [-0.1, -0.05) is 27.7 Å². The molecule has 4 nitrogen and oxygen atoms in total. The van der Waals surface area contributed by atoms with E-state index < -0.39 is 0 Å². The summed E-state index contributed by atoms with van der Waals surface area (Å²) in [6.07, 6.45) is 1.35. The van der Waals surface area contributed by atoms with Crippen molar-refractivity contribution in [3.63, 3.8) is 0 Å². The second-order valence-corrected chi connectivity index (χ2v) is 7.48. The second kappa shape index (κ2) is 5.82. The molecule has 4 heteroatoms. The molecule has 0 aliphatic heterocycles. The lowest BCUT2D eigenvalue weighted by molar-refractivity contribution is 0.544. The van der Waals surface area contributed by atoms with Crippen molar-refractivity contribution in [3.8, 4) is 0 Å². The van der Waals surface area contributed by atoms with Crippen molar-refractivity contribution in [2.24, 2.45) is 11.8 Å². The molecule has 1 N–H and O–H groups in total. The Morgan fingerprint density at radius 1 is 1.29 bits per heavy atom. The molecule has 118 valence electrons. The minimum absolute atomic E-state index is 0.0413. The molecule has 2 atom stereocenters. The van der Waals surface area contributed by atoms with Gasteiger partial charge in [0.25, 0.3) is 0 Å². The van der Waals surface area contributed by atoms with Crippen LogP contribution in [0, 0.1) is 18.8 Å². The number of anilines is 2. The molecule has 0 spiro atoms. The molecule has 0 radical (unpaired) electrons. The molecule has 2 unspecified atom stereocenters. The van der Waals surface area contributed by atoms with Gasteiger partial charge in [-0.15, -0.1) is 0 Å². The summed E-state index contributed by atoms with van der Waals surface area (Å²) in [5.41, 5.74) is 1.11. The fraction of sp³-hybridized carbons (Fsp3) is 0.765. The predicted molar refractivity (Wildman–Crippen MR) is 90.2 cm³/mol. The number of aromatic nitrogens is 2. The van der Waals surface area contributed by atoms with Crippen molar-refractivity contribution in [1.29, 1.82) is 0 Å². The maximum atomic E-state index is 4.87. The number of hydrogen-bond acceptors (Lipinski definition) is 4. The molecular formula is C17H30N4. The van der Waals surface area contributed by atoms with E-state index in [9.17, 15) is 0 Å². The molecule has 0 saturated heterocycles. The third-order valence-electron chi connectivity index (χ3n) is 4.28. The van der Waals surface area contributed by atoms with Gasteiger partial charge in [-0.3, -0.25) is 0 Å². The van der Waals surface area contributed by atoms with Crippen molar-refractivity contribution in [1.82, 2.24) is 9.97 Å². The molecule has 0 aromatic carbocycles. The van der Waals surface area contributed by atoms with Crippen LogP contribution in [0.25, 0.3) is 0 Å². The normalized spacial score (nSPS) is 21.3. The summed E-state index contributed by atoms with van der Waals surface area (Å²) < 4.78 is 0. The average molecular weight is 290 g/mol. The fourth-order valence-corrected chi connectivity index (χ4v) is 2.64. The van der Waals surface area contributed by atoms with Crippen LogP contribution in [-0.4, -0.2) is 30.1 Å². The van der Waals surface area contributed by atoms with Gasteiger partial charge in [0.2, 0.25) is 0 Å². The Morgan fingerprint density at radius 3 is 2.38 bits per heavy atom. The van der Waals surface area contributed by atoms with Gasteiger partial charge in [0, 0.05) is 31.1 Å². The van der Waals surface area contributed by atoms with Crippen molar-refractivity contribution < 1.29 is 0 Å². The van der Waals surface area contributed by atoms with E-state index in [1.54, 1.807) is 0 Å². The smallest absolute Gasteiger partial charge is 0.138 e. The number of hydrogen-bond donors (Lipinski definition) is 1. The van der Waals surface area contributed by atoms with Crippen LogP contribution in [-0.2, 0) is 5.41 Å². The Hall–Kier alpha value is -1.32. The van der Waals surface area contributed by atoms with E-state index in [0.29, 0.717) is 0 Å². The van der Waals surface area contributed by atoms with Crippen molar-refractivity contribution in [2.75, 3.05) is 30.4 Å². The van der Waals surface area contributed by atoms with E-state index in [-0.39, 0.29) is 5.41 Å². The van der Waals surface area contributed by atoms with Gasteiger partial charge in [-0.2, -0.15) is 0 Å². The van der Waals surface area contributed by atoms with E-state index in [0.717, 1.165) is 47.9 Å². The van der Waals surface area contributed by atoms with Gasteiger partial charge in [0.05, 0.1) is 0 Å². The Bertz CT molecular complexity index is 504. The summed E-state index contributed by atoms with van der Waals surface area (Å²) in [4.78, 5) is 11.9. The highest BCUT2D eigenvalue weighted by molar-refractivity contribution is 5.58. The molecule has 1 aliphatic carbocycles. The summed E-state index contributed by atoms with van der Waals surface area (Å²) in [5.74, 6) is 4.65. The first-order valence-corrected chi connectivity index (χ1v) is 8.08. The highest BCUT2D eigenvalue weighted by Gasteiger charge is 2.34. The van der Waals surface area contributed by atoms with Gasteiger partial charge in [-0.05, 0) is 32.1 Å². The zero-order chi connectivity index (χ0) is 15.8. The summed E-state index contributed by atoms with van der Waals surface area (Å²) in [5, 5.41) is 3.38. The van der Waals surface area contributed by atoms with Crippen LogP contribution in [0.2, 0.25) is 0 Å². The lowest BCUT2D eigenvalue weighted by Crippen LogP contribution is -2.26. The summed E-state index contributed by atoms with van der Waals surface area (Å²) in [7, 11) is 2.16. The van der Waals surface area contributed by atoms with Crippen molar-refractivity contribution >= 4 is 11.6 Å². The maximum absolute atomic E-state index is 4.87. The Labute approximate surface area is 129 Å². The molecule has 1 saturated carbocycles. The summed E-state index contributed by atoms with van der Waals surface area (Å²) >= 11 is 0. The Balaban J connectivity index is 2.35. The highest BCUT2D eigenvalue weighted by atomic mass is 15.2. The molecule has 21 heavy (non-hydrogen) atoms. The molecule has 1 aromatic heterocycles. The van der Waals surface area contributed by atoms with Crippen molar-refractivity contribution in [3.05, 3.63) is 11.4 Å². The lowest BCUT2D eigenvalue weighted by Gasteiger charge is -2.25. The van der Waals surface area contributed by atoms with Crippen LogP contribution in [0.5, 0.6) is 0 Å². The van der Waals surface area contributed by atoms with Crippen LogP contribution < -0.4 is 10.2 Å². The van der Waals surface area contributed by atoms with Gasteiger partial charge in [0.1, 0.15) is 17.5 Å². The van der Waals surface area contributed by atoms with Crippen LogP contribution in [0.4, 0.5) is 11.6 Å². The molecule has 1 fully saturated rings. The topological polar surface area (TPSA) is 41.1 Å². The minimum Gasteiger partial charge on any atom is -0.370 e. The largest absolute Gasteiger partial charge is 0.370 e. The minimum atomic E-state index is -0.0413. The van der Waals surface area contributed by atoms with Gasteiger partial charge in [0.15, 0.2) is 0 Å². The predicted octanol–water partition coefficient (Wildman–Crippen LogP) is 3.61. The van der Waals surface area contributed by atoms with E-state index in [1.807, 2.05) is 0 Å².